The quantitative estimate of drug-likeness (QED) is 0.457. The summed E-state index contributed by atoms with van der Waals surface area (Å²) in [4.78, 5) is 31.2. The highest BCUT2D eigenvalue weighted by Gasteiger charge is 2.50. The van der Waals surface area contributed by atoms with E-state index in [1.54, 1.807) is 6.92 Å². The van der Waals surface area contributed by atoms with Gasteiger partial charge >= 0.3 is 0 Å². The Kier molecular flexibility index (Phi) is 8.37. The van der Waals surface area contributed by atoms with Crippen molar-refractivity contribution in [1.82, 2.24) is 9.80 Å². The van der Waals surface area contributed by atoms with Crippen LogP contribution in [-0.2, 0) is 25.8 Å². The Morgan fingerprint density at radius 2 is 1.32 bits per heavy atom. The monoisotopic (exact) mass is 514 g/mol. The van der Waals surface area contributed by atoms with Gasteiger partial charge in [0.15, 0.2) is 0 Å². The molecule has 1 fully saturated rings. The zero-order valence-corrected chi connectivity index (χ0v) is 26.2. The van der Waals surface area contributed by atoms with E-state index in [2.05, 4.69) is 107 Å². The average Bonchev–Trinajstić information content (AvgIpc) is 2.69. The number of hydrogen-bond donors (Lipinski definition) is 1. The second-order valence-corrected chi connectivity index (χ2v) is 14.7. The van der Waals surface area contributed by atoms with Crippen LogP contribution in [0.25, 0.3) is 0 Å². The van der Waals surface area contributed by atoms with Crippen LogP contribution in [0.15, 0.2) is 12.1 Å². The summed E-state index contributed by atoms with van der Waals surface area (Å²) in [5.41, 5.74) is 0.731. The molecule has 1 atom stereocenters. The van der Waals surface area contributed by atoms with Crippen LogP contribution in [0.1, 0.15) is 133 Å². The summed E-state index contributed by atoms with van der Waals surface area (Å²) in [5.74, 6) is 0.535. The molecule has 0 aromatic heterocycles. The van der Waals surface area contributed by atoms with Crippen LogP contribution in [0, 0.1) is 0 Å². The predicted octanol–water partition coefficient (Wildman–Crippen LogP) is 7.07. The number of hydrogen-bond acceptors (Lipinski definition) is 3. The van der Waals surface area contributed by atoms with E-state index in [1.165, 1.54) is 0 Å². The maximum absolute atomic E-state index is 14.6. The van der Waals surface area contributed by atoms with Gasteiger partial charge in [-0.15, -0.1) is 0 Å². The number of piperidine rings is 1. The van der Waals surface area contributed by atoms with E-state index in [4.69, 9.17) is 0 Å². The molecule has 1 aromatic rings. The number of nitrogens with zero attached hydrogens (tertiary/aromatic N) is 2. The van der Waals surface area contributed by atoms with E-state index in [0.717, 1.165) is 29.5 Å². The van der Waals surface area contributed by atoms with E-state index in [1.807, 2.05) is 4.90 Å². The molecule has 1 saturated heterocycles. The molecule has 0 bridgehead atoms. The Hall–Kier alpha value is -2.04. The van der Waals surface area contributed by atoms with E-state index >= 15 is 0 Å². The normalized spacial score (nSPS) is 19.9. The molecule has 37 heavy (non-hydrogen) atoms. The largest absolute Gasteiger partial charge is 0.507 e. The second kappa shape index (κ2) is 9.93. The van der Waals surface area contributed by atoms with Crippen LogP contribution in [0.5, 0.6) is 5.75 Å². The molecular formula is C32H54N2O3. The number of benzene rings is 1. The number of amides is 2. The third kappa shape index (κ3) is 5.86. The Bertz CT molecular complexity index is 972. The van der Waals surface area contributed by atoms with Crippen molar-refractivity contribution in [3.63, 3.8) is 0 Å². The number of carbonyl (C=O) groups excluding carboxylic acids is 2. The van der Waals surface area contributed by atoms with E-state index in [-0.39, 0.29) is 39.8 Å². The Balaban J connectivity index is 2.66. The SMILES string of the molecule is CCN(C(=O)C(C)(CC)c1cc(C(C)(C)C)c(O)c(C(C)(C)C)c1)C1CC(C)(C)N(C(C)=O)C(C)(C)C1. The predicted molar refractivity (Wildman–Crippen MR) is 154 cm³/mol. The van der Waals surface area contributed by atoms with Crippen molar-refractivity contribution in [2.45, 2.75) is 150 Å². The molecule has 2 rings (SSSR count). The first-order valence-corrected chi connectivity index (χ1v) is 14.0. The zero-order valence-electron chi connectivity index (χ0n) is 26.2. The molecule has 0 radical (unpaired) electrons. The molecule has 210 valence electrons. The molecule has 5 nitrogen and oxygen atoms in total. The number of phenolic OH excluding ortho intramolecular Hbond substituents is 1. The second-order valence-electron chi connectivity index (χ2n) is 14.7. The maximum Gasteiger partial charge on any atom is 0.233 e. The lowest BCUT2D eigenvalue weighted by molar-refractivity contribution is -0.154. The third-order valence-corrected chi connectivity index (χ3v) is 8.58. The van der Waals surface area contributed by atoms with Crippen molar-refractivity contribution in [2.24, 2.45) is 0 Å². The van der Waals surface area contributed by atoms with Gasteiger partial charge in [-0.2, -0.15) is 0 Å². The zero-order chi connectivity index (χ0) is 28.9. The van der Waals surface area contributed by atoms with Gasteiger partial charge < -0.3 is 14.9 Å². The van der Waals surface area contributed by atoms with Crippen molar-refractivity contribution >= 4 is 11.8 Å². The topological polar surface area (TPSA) is 60.9 Å². The first kappa shape index (κ1) is 31.2. The molecule has 2 amide bonds. The maximum atomic E-state index is 14.6. The van der Waals surface area contributed by atoms with Crippen LogP contribution in [0.4, 0.5) is 0 Å². The fourth-order valence-corrected chi connectivity index (χ4v) is 6.76. The van der Waals surface area contributed by atoms with Crippen molar-refractivity contribution < 1.29 is 14.7 Å². The summed E-state index contributed by atoms with van der Waals surface area (Å²) in [5, 5.41) is 11.3. The highest BCUT2D eigenvalue weighted by Crippen LogP contribution is 2.45. The number of carbonyl (C=O) groups is 2. The molecule has 1 aliphatic rings. The number of aromatic hydroxyl groups is 1. The molecule has 1 heterocycles. The molecule has 0 spiro atoms. The molecule has 1 N–H and O–H groups in total. The fourth-order valence-electron chi connectivity index (χ4n) is 6.76. The lowest BCUT2D eigenvalue weighted by atomic mass is 9.71. The van der Waals surface area contributed by atoms with Gasteiger partial charge in [0.25, 0.3) is 0 Å². The Morgan fingerprint density at radius 1 is 0.919 bits per heavy atom. The van der Waals surface area contributed by atoms with Gasteiger partial charge in [-0.05, 0) is 88.3 Å². The van der Waals surface area contributed by atoms with E-state index in [9.17, 15) is 14.7 Å². The van der Waals surface area contributed by atoms with Crippen LogP contribution in [-0.4, -0.2) is 50.4 Å². The smallest absolute Gasteiger partial charge is 0.233 e. The number of likely N-dealkylation sites (tertiary alicyclic amines) is 1. The van der Waals surface area contributed by atoms with Gasteiger partial charge in [-0.1, -0.05) is 60.6 Å². The summed E-state index contributed by atoms with van der Waals surface area (Å²) in [7, 11) is 0. The van der Waals surface area contributed by atoms with Gasteiger partial charge in [-0.3, -0.25) is 9.59 Å². The van der Waals surface area contributed by atoms with Gasteiger partial charge in [-0.25, -0.2) is 0 Å². The third-order valence-electron chi connectivity index (χ3n) is 8.58. The molecule has 1 unspecified atom stereocenters. The van der Waals surface area contributed by atoms with Crippen molar-refractivity contribution in [1.29, 1.82) is 0 Å². The molecule has 5 heteroatoms. The summed E-state index contributed by atoms with van der Waals surface area (Å²) in [6, 6.07) is 4.16. The minimum absolute atomic E-state index is 0.0327. The van der Waals surface area contributed by atoms with Gasteiger partial charge in [0.1, 0.15) is 5.75 Å². The Morgan fingerprint density at radius 3 is 1.62 bits per heavy atom. The van der Waals surface area contributed by atoms with Crippen molar-refractivity contribution in [3.05, 3.63) is 28.8 Å². The molecule has 1 aromatic carbocycles. The first-order chi connectivity index (χ1) is 16.5. The molecule has 0 aliphatic carbocycles. The first-order valence-electron chi connectivity index (χ1n) is 14.0. The van der Waals surface area contributed by atoms with Gasteiger partial charge in [0.05, 0.1) is 5.41 Å². The molecular weight excluding hydrogens is 460 g/mol. The van der Waals surface area contributed by atoms with Crippen molar-refractivity contribution in [2.75, 3.05) is 6.54 Å². The minimum Gasteiger partial charge on any atom is -0.507 e. The average molecular weight is 515 g/mol. The summed E-state index contributed by atoms with van der Waals surface area (Å²) >= 11 is 0. The van der Waals surface area contributed by atoms with Gasteiger partial charge in [0.2, 0.25) is 11.8 Å². The Labute approximate surface area is 227 Å². The lowest BCUT2D eigenvalue weighted by Crippen LogP contribution is -2.66. The fraction of sp³-hybridized carbons (Fsp3) is 0.750. The van der Waals surface area contributed by atoms with Crippen LogP contribution in [0.3, 0.4) is 0 Å². The van der Waals surface area contributed by atoms with Crippen LogP contribution >= 0.6 is 0 Å². The summed E-state index contributed by atoms with van der Waals surface area (Å²) < 4.78 is 0. The lowest BCUT2D eigenvalue weighted by Gasteiger charge is -2.57. The molecule has 1 aliphatic heterocycles. The highest BCUT2D eigenvalue weighted by atomic mass is 16.3. The van der Waals surface area contributed by atoms with Gasteiger partial charge in [0, 0.05) is 30.6 Å². The van der Waals surface area contributed by atoms with Crippen LogP contribution in [0.2, 0.25) is 0 Å². The summed E-state index contributed by atoms with van der Waals surface area (Å²) in [6.45, 7) is 29.6. The number of likely N-dealkylation sites (N-methyl/N-ethyl adjacent to an activating group) is 1. The van der Waals surface area contributed by atoms with Crippen LogP contribution < -0.4 is 0 Å². The standard InChI is InChI=1S/C32H54N2O3/c1-15-32(14,22-17-24(28(4,5)6)26(36)25(18-22)29(7,8)9)27(37)33(16-2)23-19-30(10,11)34(21(3)35)31(12,13)20-23/h17-18,23,36H,15-16,19-20H2,1-14H3. The minimum atomic E-state index is -0.740. The van der Waals surface area contributed by atoms with E-state index in [0.29, 0.717) is 18.7 Å². The molecule has 0 saturated carbocycles. The van der Waals surface area contributed by atoms with Crippen molar-refractivity contribution in [3.8, 4) is 5.75 Å². The number of phenols is 1. The van der Waals surface area contributed by atoms with E-state index < -0.39 is 5.41 Å². The number of rotatable bonds is 5. The summed E-state index contributed by atoms with van der Waals surface area (Å²) in [6.07, 6.45) is 2.14. The highest BCUT2D eigenvalue weighted by molar-refractivity contribution is 5.88.